The number of ether oxygens (including phenoxy) is 2. The summed E-state index contributed by atoms with van der Waals surface area (Å²) in [7, 11) is 0. The van der Waals surface area contributed by atoms with Crippen molar-refractivity contribution in [3.8, 4) is 5.88 Å². The minimum Gasteiger partial charge on any atom is -0.471 e. The van der Waals surface area contributed by atoms with E-state index in [1.165, 1.54) is 5.69 Å². The Labute approximate surface area is 168 Å². The molecule has 2 fully saturated rings. The van der Waals surface area contributed by atoms with E-state index >= 15 is 0 Å². The third kappa shape index (κ3) is 3.88. The normalized spacial score (nSPS) is 20.4. The number of aryl methyl sites for hydroxylation is 1. The zero-order chi connectivity index (χ0) is 19.6. The van der Waals surface area contributed by atoms with Crippen LogP contribution in [0.15, 0.2) is 29.2 Å². The van der Waals surface area contributed by atoms with E-state index in [2.05, 4.69) is 42.2 Å². The van der Waals surface area contributed by atoms with Gasteiger partial charge in [0.15, 0.2) is 0 Å². The van der Waals surface area contributed by atoms with E-state index in [4.69, 9.17) is 14.1 Å². The minimum absolute atomic E-state index is 0.0646. The molecule has 0 amide bonds. The van der Waals surface area contributed by atoms with Crippen LogP contribution in [-0.4, -0.2) is 70.7 Å². The van der Waals surface area contributed by atoms with Crippen LogP contribution >= 0.6 is 0 Å². The number of nitrogens with zero attached hydrogens (tertiary/aromatic N) is 6. The fraction of sp³-hybridized carbons (Fsp3) is 0.500. The van der Waals surface area contributed by atoms with E-state index in [1.54, 1.807) is 6.33 Å². The molecule has 9 nitrogen and oxygen atoms in total. The van der Waals surface area contributed by atoms with Crippen molar-refractivity contribution in [1.82, 2.24) is 25.2 Å². The minimum atomic E-state index is 0.0646. The fourth-order valence-electron chi connectivity index (χ4n) is 3.84. The maximum Gasteiger partial charge on any atom is 0.224 e. The van der Waals surface area contributed by atoms with Crippen LogP contribution in [0.2, 0.25) is 0 Å². The van der Waals surface area contributed by atoms with Gasteiger partial charge in [0.2, 0.25) is 5.88 Å². The Kier molecular flexibility index (Phi) is 4.99. The van der Waals surface area contributed by atoms with Crippen molar-refractivity contribution in [1.29, 1.82) is 0 Å². The van der Waals surface area contributed by atoms with Crippen LogP contribution in [0.25, 0.3) is 10.9 Å². The zero-order valence-electron chi connectivity index (χ0n) is 16.5. The third-order valence-electron chi connectivity index (χ3n) is 5.61. The van der Waals surface area contributed by atoms with Gasteiger partial charge in [-0.2, -0.15) is 0 Å². The summed E-state index contributed by atoms with van der Waals surface area (Å²) in [4.78, 5) is 13.5. The second-order valence-electron chi connectivity index (χ2n) is 7.54. The first kappa shape index (κ1) is 18.3. The lowest BCUT2D eigenvalue weighted by Crippen LogP contribution is -2.46. The SMILES string of the molecule is Cc1nonc1CN1CCN(c2ccc3ncnc(OC4CCOC4)c3c2)CC1. The van der Waals surface area contributed by atoms with Gasteiger partial charge in [-0.05, 0) is 25.1 Å². The second kappa shape index (κ2) is 7.92. The van der Waals surface area contributed by atoms with Crippen molar-refractivity contribution in [2.75, 3.05) is 44.3 Å². The summed E-state index contributed by atoms with van der Waals surface area (Å²) in [5, 5.41) is 8.81. The molecular formula is C20H24N6O3. The summed E-state index contributed by atoms with van der Waals surface area (Å²) in [6.45, 7) is 7.86. The van der Waals surface area contributed by atoms with Crippen LogP contribution in [0.4, 0.5) is 5.69 Å². The highest BCUT2D eigenvalue weighted by Gasteiger charge is 2.22. The number of piperazine rings is 1. The third-order valence-corrected chi connectivity index (χ3v) is 5.61. The van der Waals surface area contributed by atoms with E-state index in [-0.39, 0.29) is 6.10 Å². The maximum atomic E-state index is 6.09. The van der Waals surface area contributed by atoms with E-state index in [1.807, 2.05) is 13.0 Å². The second-order valence-corrected chi connectivity index (χ2v) is 7.54. The number of benzene rings is 1. The molecule has 1 aromatic carbocycles. The van der Waals surface area contributed by atoms with Gasteiger partial charge in [0.05, 0.1) is 24.1 Å². The van der Waals surface area contributed by atoms with Gasteiger partial charge in [0, 0.05) is 44.8 Å². The molecule has 29 heavy (non-hydrogen) atoms. The van der Waals surface area contributed by atoms with E-state index in [9.17, 15) is 0 Å². The molecule has 2 aliphatic rings. The lowest BCUT2D eigenvalue weighted by molar-refractivity contribution is 0.139. The number of rotatable bonds is 5. The molecular weight excluding hydrogens is 372 g/mol. The van der Waals surface area contributed by atoms with Crippen LogP contribution < -0.4 is 9.64 Å². The molecule has 2 saturated heterocycles. The number of hydrogen-bond acceptors (Lipinski definition) is 9. The Balaban J connectivity index is 1.29. The monoisotopic (exact) mass is 396 g/mol. The number of anilines is 1. The Morgan fingerprint density at radius 1 is 1.14 bits per heavy atom. The summed E-state index contributed by atoms with van der Waals surface area (Å²) in [6.07, 6.45) is 2.52. The summed E-state index contributed by atoms with van der Waals surface area (Å²) < 4.78 is 16.3. The fourth-order valence-corrected chi connectivity index (χ4v) is 3.84. The highest BCUT2D eigenvalue weighted by Crippen LogP contribution is 2.29. The van der Waals surface area contributed by atoms with Gasteiger partial charge < -0.3 is 14.4 Å². The van der Waals surface area contributed by atoms with Gasteiger partial charge in [-0.3, -0.25) is 4.90 Å². The summed E-state index contributed by atoms with van der Waals surface area (Å²) in [6, 6.07) is 6.31. The van der Waals surface area contributed by atoms with E-state index < -0.39 is 0 Å². The summed E-state index contributed by atoms with van der Waals surface area (Å²) in [5.74, 6) is 0.639. The van der Waals surface area contributed by atoms with Gasteiger partial charge in [-0.15, -0.1) is 0 Å². The van der Waals surface area contributed by atoms with Crippen LogP contribution in [-0.2, 0) is 11.3 Å². The number of hydrogen-bond donors (Lipinski definition) is 0. The highest BCUT2D eigenvalue weighted by atomic mass is 16.6. The molecule has 2 aromatic heterocycles. The predicted octanol–water partition coefficient (Wildman–Crippen LogP) is 1.81. The molecule has 9 heteroatoms. The molecule has 1 unspecified atom stereocenters. The average Bonchev–Trinajstić information content (AvgIpc) is 3.41. The molecule has 0 radical (unpaired) electrons. The van der Waals surface area contributed by atoms with Gasteiger partial charge in [0.25, 0.3) is 0 Å². The molecule has 4 heterocycles. The molecule has 152 valence electrons. The zero-order valence-corrected chi connectivity index (χ0v) is 16.5. The first-order valence-electron chi connectivity index (χ1n) is 10.0. The number of aromatic nitrogens is 4. The lowest BCUT2D eigenvalue weighted by atomic mass is 10.1. The number of fused-ring (bicyclic) bond motifs is 1. The largest absolute Gasteiger partial charge is 0.471 e. The summed E-state index contributed by atoms with van der Waals surface area (Å²) in [5.41, 5.74) is 3.84. The molecule has 5 rings (SSSR count). The molecule has 0 aliphatic carbocycles. The molecule has 2 aliphatic heterocycles. The van der Waals surface area contributed by atoms with Crippen molar-refractivity contribution in [3.63, 3.8) is 0 Å². The van der Waals surface area contributed by atoms with Crippen LogP contribution in [0.3, 0.4) is 0 Å². The molecule has 3 aromatic rings. The quantitative estimate of drug-likeness (QED) is 0.640. The molecule has 0 N–H and O–H groups in total. The Hall–Kier alpha value is -2.78. The van der Waals surface area contributed by atoms with E-state index in [0.717, 1.165) is 68.0 Å². The molecule has 0 saturated carbocycles. The first-order valence-corrected chi connectivity index (χ1v) is 10.0. The lowest BCUT2D eigenvalue weighted by Gasteiger charge is -2.35. The van der Waals surface area contributed by atoms with Crippen molar-refractivity contribution >= 4 is 16.6 Å². The average molecular weight is 396 g/mol. The highest BCUT2D eigenvalue weighted by molar-refractivity contribution is 5.86. The van der Waals surface area contributed by atoms with E-state index in [0.29, 0.717) is 12.5 Å². The van der Waals surface area contributed by atoms with Gasteiger partial charge in [-0.1, -0.05) is 10.3 Å². The summed E-state index contributed by atoms with van der Waals surface area (Å²) >= 11 is 0. The van der Waals surface area contributed by atoms with Gasteiger partial charge in [0.1, 0.15) is 23.8 Å². The molecule has 0 bridgehead atoms. The molecule has 0 spiro atoms. The predicted molar refractivity (Wildman–Crippen MR) is 106 cm³/mol. The maximum absolute atomic E-state index is 6.09. The van der Waals surface area contributed by atoms with Crippen LogP contribution in [0, 0.1) is 6.92 Å². The van der Waals surface area contributed by atoms with Crippen LogP contribution in [0.5, 0.6) is 5.88 Å². The van der Waals surface area contributed by atoms with Crippen molar-refractivity contribution in [2.45, 2.75) is 26.0 Å². The topological polar surface area (TPSA) is 89.6 Å². The van der Waals surface area contributed by atoms with Gasteiger partial charge in [-0.25, -0.2) is 14.6 Å². The Bertz CT molecular complexity index is 979. The standard InChI is InChI=1S/C20H24N6O3/c1-14-19(24-29-23-14)11-25-5-7-26(8-6-25)15-2-3-18-17(10-15)20(22-13-21-18)28-16-4-9-27-12-16/h2-3,10,13,16H,4-9,11-12H2,1H3. The van der Waals surface area contributed by atoms with Crippen molar-refractivity contribution in [3.05, 3.63) is 35.9 Å². The molecule has 1 atom stereocenters. The Morgan fingerprint density at radius 2 is 2.03 bits per heavy atom. The van der Waals surface area contributed by atoms with Gasteiger partial charge >= 0.3 is 0 Å². The Morgan fingerprint density at radius 3 is 2.79 bits per heavy atom. The van der Waals surface area contributed by atoms with Crippen molar-refractivity contribution < 1.29 is 14.1 Å². The smallest absolute Gasteiger partial charge is 0.224 e. The van der Waals surface area contributed by atoms with Crippen molar-refractivity contribution in [2.24, 2.45) is 0 Å². The first-order chi connectivity index (χ1) is 14.3. The van der Waals surface area contributed by atoms with Crippen LogP contribution in [0.1, 0.15) is 17.8 Å².